The van der Waals surface area contributed by atoms with Gasteiger partial charge in [-0.1, -0.05) is 25.1 Å². The summed E-state index contributed by atoms with van der Waals surface area (Å²) < 4.78 is 20.2. The molecule has 2 rings (SSSR count). The van der Waals surface area contributed by atoms with Crippen molar-refractivity contribution in [2.45, 2.75) is 52.0 Å². The Balaban J connectivity index is 2.10. The molecule has 122 valence electrons. The zero-order valence-corrected chi connectivity index (χ0v) is 13.6. The monoisotopic (exact) mass is 309 g/mol. The number of halogens is 1. The van der Waals surface area contributed by atoms with E-state index in [1.807, 2.05) is 19.1 Å². The Morgan fingerprint density at radius 1 is 1.32 bits per heavy atom. The van der Waals surface area contributed by atoms with Gasteiger partial charge in [0.15, 0.2) is 5.67 Å². The number of aliphatic hydroxyl groups excluding tert-OH is 1. The molecular weight excluding hydrogens is 285 g/mol. The van der Waals surface area contributed by atoms with Gasteiger partial charge in [-0.2, -0.15) is 0 Å². The highest BCUT2D eigenvalue weighted by atomic mass is 19.1. The number of benzene rings is 1. The highest BCUT2D eigenvalue weighted by Gasteiger charge is 2.48. The molecule has 22 heavy (non-hydrogen) atoms. The van der Waals surface area contributed by atoms with E-state index in [0.717, 1.165) is 12.0 Å². The number of hydrogen-bond acceptors (Lipinski definition) is 3. The molecule has 5 heteroatoms. The fourth-order valence-corrected chi connectivity index (χ4v) is 2.51. The van der Waals surface area contributed by atoms with Crippen molar-refractivity contribution >= 4 is 6.09 Å². The van der Waals surface area contributed by atoms with Crippen LogP contribution in [0.25, 0.3) is 0 Å². The summed E-state index contributed by atoms with van der Waals surface area (Å²) >= 11 is 0. The van der Waals surface area contributed by atoms with Crippen LogP contribution in [0.5, 0.6) is 0 Å². The van der Waals surface area contributed by atoms with Gasteiger partial charge in [-0.15, -0.1) is 0 Å². The van der Waals surface area contributed by atoms with Crippen molar-refractivity contribution in [3.05, 3.63) is 34.9 Å². The number of likely N-dealkylation sites (tertiary alicyclic amines) is 1. The molecule has 1 heterocycles. The first-order valence-electron chi connectivity index (χ1n) is 7.58. The number of alkyl halides is 1. The van der Waals surface area contributed by atoms with Gasteiger partial charge in [-0.3, -0.25) is 0 Å². The van der Waals surface area contributed by atoms with E-state index in [-0.39, 0.29) is 19.7 Å². The molecule has 1 aromatic carbocycles. The number of amides is 1. The Morgan fingerprint density at radius 2 is 1.91 bits per heavy atom. The van der Waals surface area contributed by atoms with Crippen molar-refractivity contribution < 1.29 is 19.0 Å². The normalized spacial score (nSPS) is 17.1. The van der Waals surface area contributed by atoms with Gasteiger partial charge in [-0.05, 0) is 43.9 Å². The fraction of sp³-hybridized carbons (Fsp3) is 0.588. The Kier molecular flexibility index (Phi) is 4.47. The van der Waals surface area contributed by atoms with Gasteiger partial charge >= 0.3 is 6.09 Å². The second-order valence-electron chi connectivity index (χ2n) is 6.85. The van der Waals surface area contributed by atoms with E-state index in [1.54, 1.807) is 26.8 Å². The molecule has 1 aromatic rings. The van der Waals surface area contributed by atoms with Crippen LogP contribution in [0.15, 0.2) is 18.2 Å². The van der Waals surface area contributed by atoms with E-state index in [0.29, 0.717) is 11.1 Å². The molecular formula is C17H24FNO3. The summed E-state index contributed by atoms with van der Waals surface area (Å²) in [5.74, 6) is 0. The average molecular weight is 309 g/mol. The fourth-order valence-electron chi connectivity index (χ4n) is 2.51. The first-order chi connectivity index (χ1) is 10.2. The van der Waals surface area contributed by atoms with Gasteiger partial charge in [0.25, 0.3) is 0 Å². The Labute approximate surface area is 130 Å². The maximum atomic E-state index is 15.0. The van der Waals surface area contributed by atoms with Crippen LogP contribution in [0, 0.1) is 0 Å². The smallest absolute Gasteiger partial charge is 0.410 e. The largest absolute Gasteiger partial charge is 0.444 e. The van der Waals surface area contributed by atoms with E-state index < -0.39 is 17.4 Å². The summed E-state index contributed by atoms with van der Waals surface area (Å²) in [6, 6.07) is 5.36. The van der Waals surface area contributed by atoms with E-state index in [1.165, 1.54) is 4.90 Å². The summed E-state index contributed by atoms with van der Waals surface area (Å²) in [4.78, 5) is 13.3. The maximum absolute atomic E-state index is 15.0. The van der Waals surface area contributed by atoms with Crippen LogP contribution >= 0.6 is 0 Å². The number of carbonyl (C=O) groups excluding carboxylic acids is 1. The summed E-state index contributed by atoms with van der Waals surface area (Å²) in [5.41, 5.74) is 0.0520. The molecule has 0 spiro atoms. The molecule has 0 atom stereocenters. The minimum absolute atomic E-state index is 0.0139. The molecule has 1 saturated heterocycles. The van der Waals surface area contributed by atoms with Crippen LogP contribution in [0.2, 0.25) is 0 Å². The van der Waals surface area contributed by atoms with Crippen molar-refractivity contribution in [1.82, 2.24) is 4.90 Å². The Morgan fingerprint density at radius 3 is 2.41 bits per heavy atom. The van der Waals surface area contributed by atoms with Crippen LogP contribution in [-0.4, -0.2) is 34.8 Å². The lowest BCUT2D eigenvalue weighted by Gasteiger charge is -2.44. The minimum Gasteiger partial charge on any atom is -0.444 e. The van der Waals surface area contributed by atoms with Crippen molar-refractivity contribution in [3.63, 3.8) is 0 Å². The first-order valence-corrected chi connectivity index (χ1v) is 7.58. The third kappa shape index (κ3) is 3.58. The minimum atomic E-state index is -1.56. The number of hydrogen-bond donors (Lipinski definition) is 1. The van der Waals surface area contributed by atoms with Gasteiger partial charge in [0.2, 0.25) is 0 Å². The quantitative estimate of drug-likeness (QED) is 0.933. The third-order valence-electron chi connectivity index (χ3n) is 3.70. The van der Waals surface area contributed by atoms with Crippen LogP contribution in [-0.2, 0) is 23.4 Å². The summed E-state index contributed by atoms with van der Waals surface area (Å²) in [6.45, 7) is 7.19. The van der Waals surface area contributed by atoms with Crippen molar-refractivity contribution in [2.24, 2.45) is 0 Å². The summed E-state index contributed by atoms with van der Waals surface area (Å²) in [5, 5.41) is 9.30. The van der Waals surface area contributed by atoms with E-state index in [9.17, 15) is 14.3 Å². The van der Waals surface area contributed by atoms with Gasteiger partial charge in [0.1, 0.15) is 5.60 Å². The van der Waals surface area contributed by atoms with Crippen molar-refractivity contribution in [1.29, 1.82) is 0 Å². The lowest BCUT2D eigenvalue weighted by molar-refractivity contribution is -0.0538. The number of nitrogens with zero attached hydrogens (tertiary/aromatic N) is 1. The number of aryl methyl sites for hydroxylation is 1. The zero-order chi connectivity index (χ0) is 16.5. The van der Waals surface area contributed by atoms with Crippen molar-refractivity contribution in [3.8, 4) is 0 Å². The average Bonchev–Trinajstić information content (AvgIpc) is 2.41. The molecule has 1 amide bonds. The second-order valence-corrected chi connectivity index (χ2v) is 6.85. The first kappa shape index (κ1) is 16.7. The zero-order valence-electron chi connectivity index (χ0n) is 13.6. The lowest BCUT2D eigenvalue weighted by atomic mass is 9.86. The van der Waals surface area contributed by atoms with Crippen LogP contribution in [0.1, 0.15) is 44.4 Å². The third-order valence-corrected chi connectivity index (χ3v) is 3.70. The van der Waals surface area contributed by atoms with Gasteiger partial charge in [0, 0.05) is 0 Å². The number of aliphatic hydroxyl groups is 1. The van der Waals surface area contributed by atoms with Crippen LogP contribution in [0.4, 0.5) is 9.18 Å². The Bertz CT molecular complexity index is 537. The van der Waals surface area contributed by atoms with E-state index in [4.69, 9.17) is 4.74 Å². The molecule has 0 radical (unpaired) electrons. The highest BCUT2D eigenvalue weighted by Crippen LogP contribution is 2.37. The molecule has 0 saturated carbocycles. The lowest BCUT2D eigenvalue weighted by Crippen LogP contribution is -2.59. The second kappa shape index (κ2) is 5.88. The summed E-state index contributed by atoms with van der Waals surface area (Å²) in [7, 11) is 0. The summed E-state index contributed by atoms with van der Waals surface area (Å²) in [6.07, 6.45) is 0.280. The highest BCUT2D eigenvalue weighted by molar-refractivity contribution is 5.70. The van der Waals surface area contributed by atoms with E-state index >= 15 is 0 Å². The van der Waals surface area contributed by atoms with Crippen LogP contribution in [0.3, 0.4) is 0 Å². The maximum Gasteiger partial charge on any atom is 0.410 e. The predicted molar refractivity (Wildman–Crippen MR) is 82.3 cm³/mol. The van der Waals surface area contributed by atoms with Crippen molar-refractivity contribution in [2.75, 3.05) is 13.1 Å². The topological polar surface area (TPSA) is 49.8 Å². The van der Waals surface area contributed by atoms with Gasteiger partial charge in [0.05, 0.1) is 19.7 Å². The molecule has 1 aliphatic rings. The predicted octanol–water partition coefficient (Wildman–Crippen LogP) is 3.16. The van der Waals surface area contributed by atoms with Gasteiger partial charge in [-0.25, -0.2) is 9.18 Å². The molecule has 1 N–H and O–H groups in total. The molecule has 1 aliphatic heterocycles. The number of carbonyl (C=O) groups is 1. The molecule has 0 aliphatic carbocycles. The van der Waals surface area contributed by atoms with E-state index in [2.05, 4.69) is 0 Å². The number of ether oxygens (including phenoxy) is 1. The standard InChI is InChI=1S/C17H24FNO3/c1-5-12-6-13(9-20)8-14(7-12)17(18)10-19(11-17)15(21)22-16(2,3)4/h6-8,20H,5,9-11H2,1-4H3. The van der Waals surface area contributed by atoms with Crippen LogP contribution < -0.4 is 0 Å². The molecule has 4 nitrogen and oxygen atoms in total. The Hall–Kier alpha value is -1.62. The molecule has 1 fully saturated rings. The molecule has 0 unspecified atom stereocenters. The SMILES string of the molecule is CCc1cc(CO)cc(C2(F)CN(C(=O)OC(C)(C)C)C2)c1. The molecule has 0 bridgehead atoms. The van der Waals surface area contributed by atoms with Gasteiger partial charge < -0.3 is 14.7 Å². The molecule has 0 aromatic heterocycles. The number of rotatable bonds is 3.